The molecule has 1 aromatic carbocycles. The van der Waals surface area contributed by atoms with Crippen molar-refractivity contribution in [1.82, 2.24) is 9.97 Å². The van der Waals surface area contributed by atoms with Gasteiger partial charge in [0, 0.05) is 0 Å². The second-order valence-electron chi connectivity index (χ2n) is 5.18. The number of rotatable bonds is 4. The van der Waals surface area contributed by atoms with Gasteiger partial charge in [0.25, 0.3) is 0 Å². The van der Waals surface area contributed by atoms with Crippen LogP contribution in [-0.4, -0.2) is 21.4 Å². The van der Waals surface area contributed by atoms with E-state index in [1.165, 1.54) is 22.7 Å². The Labute approximate surface area is 135 Å². The van der Waals surface area contributed by atoms with Crippen molar-refractivity contribution in [2.75, 3.05) is 11.1 Å². The molecule has 2 heterocycles. The Morgan fingerprint density at radius 3 is 2.50 bits per heavy atom. The molecule has 8 heteroatoms. The second kappa shape index (κ2) is 5.45. The SMILES string of the molecule is CCC(N)(CC)C(=O)Nc1nc2cc3nc(N)sc3cc2s1. The van der Waals surface area contributed by atoms with Gasteiger partial charge in [-0.15, -0.1) is 0 Å². The summed E-state index contributed by atoms with van der Waals surface area (Å²) >= 11 is 2.87. The number of amides is 1. The Bertz CT molecular complexity index is 799. The normalized spacial score (nSPS) is 12.1. The molecule has 22 heavy (non-hydrogen) atoms. The minimum Gasteiger partial charge on any atom is -0.375 e. The number of fused-ring (bicyclic) bond motifs is 2. The summed E-state index contributed by atoms with van der Waals surface area (Å²) in [4.78, 5) is 21.0. The summed E-state index contributed by atoms with van der Waals surface area (Å²) in [5.74, 6) is -0.194. The summed E-state index contributed by atoms with van der Waals surface area (Å²) in [6, 6.07) is 3.89. The maximum Gasteiger partial charge on any atom is 0.246 e. The average molecular weight is 335 g/mol. The molecule has 0 atom stereocenters. The lowest BCUT2D eigenvalue weighted by Gasteiger charge is -2.24. The van der Waals surface area contributed by atoms with E-state index in [1.807, 2.05) is 26.0 Å². The van der Waals surface area contributed by atoms with Gasteiger partial charge in [-0.25, -0.2) is 9.97 Å². The minimum atomic E-state index is -0.853. The number of benzene rings is 1. The van der Waals surface area contributed by atoms with Crippen LogP contribution in [0.2, 0.25) is 0 Å². The lowest BCUT2D eigenvalue weighted by Crippen LogP contribution is -2.50. The molecule has 0 unspecified atom stereocenters. The minimum absolute atomic E-state index is 0.194. The highest BCUT2D eigenvalue weighted by atomic mass is 32.1. The first-order valence-electron chi connectivity index (χ1n) is 7.02. The van der Waals surface area contributed by atoms with Gasteiger partial charge in [0.15, 0.2) is 10.3 Å². The van der Waals surface area contributed by atoms with Gasteiger partial charge in [-0.05, 0) is 25.0 Å². The molecule has 0 aliphatic heterocycles. The van der Waals surface area contributed by atoms with Crippen LogP contribution in [0.25, 0.3) is 20.4 Å². The number of hydrogen-bond acceptors (Lipinski definition) is 7. The fourth-order valence-corrected chi connectivity index (χ4v) is 3.93. The molecule has 0 aliphatic carbocycles. The Balaban J connectivity index is 1.93. The van der Waals surface area contributed by atoms with E-state index in [2.05, 4.69) is 15.3 Å². The molecule has 2 aromatic heterocycles. The molecule has 0 aliphatic rings. The number of nitrogens with zero attached hydrogens (tertiary/aromatic N) is 2. The van der Waals surface area contributed by atoms with Gasteiger partial charge < -0.3 is 16.8 Å². The molecular weight excluding hydrogens is 318 g/mol. The summed E-state index contributed by atoms with van der Waals surface area (Å²) < 4.78 is 2.00. The average Bonchev–Trinajstić information content (AvgIpc) is 3.03. The van der Waals surface area contributed by atoms with Crippen LogP contribution in [0.15, 0.2) is 12.1 Å². The highest BCUT2D eigenvalue weighted by Crippen LogP contribution is 2.33. The van der Waals surface area contributed by atoms with Gasteiger partial charge in [-0.1, -0.05) is 36.5 Å². The molecule has 0 saturated heterocycles. The summed E-state index contributed by atoms with van der Waals surface area (Å²) in [6.07, 6.45) is 1.16. The molecule has 0 fully saturated rings. The van der Waals surface area contributed by atoms with E-state index in [9.17, 15) is 4.79 Å². The zero-order valence-corrected chi connectivity index (χ0v) is 14.0. The zero-order chi connectivity index (χ0) is 15.9. The van der Waals surface area contributed by atoms with E-state index in [1.54, 1.807) is 0 Å². The predicted molar refractivity (Wildman–Crippen MR) is 93.3 cm³/mol. The molecule has 0 bridgehead atoms. The van der Waals surface area contributed by atoms with Crippen LogP contribution in [0.4, 0.5) is 10.3 Å². The largest absolute Gasteiger partial charge is 0.375 e. The smallest absolute Gasteiger partial charge is 0.246 e. The van der Waals surface area contributed by atoms with Crippen LogP contribution >= 0.6 is 22.7 Å². The first-order valence-corrected chi connectivity index (χ1v) is 8.65. The van der Waals surface area contributed by atoms with Gasteiger partial charge in [0.1, 0.15) is 0 Å². The predicted octanol–water partition coefficient (Wildman–Crippen LogP) is 2.94. The molecule has 6 nitrogen and oxygen atoms in total. The number of anilines is 2. The molecular formula is C14H17N5OS2. The highest BCUT2D eigenvalue weighted by molar-refractivity contribution is 7.24. The number of nitrogen functional groups attached to an aromatic ring is 1. The number of carbonyl (C=O) groups excluding carboxylic acids is 1. The third kappa shape index (κ3) is 2.53. The van der Waals surface area contributed by atoms with Crippen LogP contribution in [0.5, 0.6) is 0 Å². The maximum atomic E-state index is 12.3. The molecule has 5 N–H and O–H groups in total. The van der Waals surface area contributed by atoms with Crippen LogP contribution in [-0.2, 0) is 4.79 Å². The van der Waals surface area contributed by atoms with Gasteiger partial charge in [-0.3, -0.25) is 4.79 Å². The lowest BCUT2D eigenvalue weighted by molar-refractivity contribution is -0.121. The fourth-order valence-electron chi connectivity index (χ4n) is 2.21. The Morgan fingerprint density at radius 1 is 1.18 bits per heavy atom. The van der Waals surface area contributed by atoms with Crippen LogP contribution in [0.3, 0.4) is 0 Å². The molecule has 0 spiro atoms. The van der Waals surface area contributed by atoms with Crippen molar-refractivity contribution >= 4 is 59.3 Å². The van der Waals surface area contributed by atoms with Gasteiger partial charge in [-0.2, -0.15) is 0 Å². The van der Waals surface area contributed by atoms with Gasteiger partial charge in [0.05, 0.1) is 26.0 Å². The third-order valence-corrected chi connectivity index (χ3v) is 5.63. The molecule has 0 radical (unpaired) electrons. The Morgan fingerprint density at radius 2 is 1.82 bits per heavy atom. The van der Waals surface area contributed by atoms with E-state index in [-0.39, 0.29) is 5.91 Å². The maximum absolute atomic E-state index is 12.3. The number of thiazole rings is 2. The van der Waals surface area contributed by atoms with Crippen molar-refractivity contribution in [3.05, 3.63) is 12.1 Å². The Hall–Kier alpha value is -1.77. The van der Waals surface area contributed by atoms with Gasteiger partial charge >= 0.3 is 0 Å². The van der Waals surface area contributed by atoms with Crippen LogP contribution in [0.1, 0.15) is 26.7 Å². The first kappa shape index (κ1) is 15.1. The summed E-state index contributed by atoms with van der Waals surface area (Å²) in [6.45, 7) is 3.82. The van der Waals surface area contributed by atoms with Crippen molar-refractivity contribution in [3.63, 3.8) is 0 Å². The van der Waals surface area contributed by atoms with E-state index in [4.69, 9.17) is 11.5 Å². The van der Waals surface area contributed by atoms with E-state index >= 15 is 0 Å². The summed E-state index contributed by atoms with van der Waals surface area (Å²) in [7, 11) is 0. The lowest BCUT2D eigenvalue weighted by atomic mass is 9.93. The van der Waals surface area contributed by atoms with Gasteiger partial charge in [0.2, 0.25) is 5.91 Å². The van der Waals surface area contributed by atoms with E-state index in [0.717, 1.165) is 20.4 Å². The number of hydrogen-bond donors (Lipinski definition) is 3. The number of nitrogens with one attached hydrogen (secondary N) is 1. The van der Waals surface area contributed by atoms with Crippen molar-refractivity contribution in [2.45, 2.75) is 32.2 Å². The monoisotopic (exact) mass is 335 g/mol. The van der Waals surface area contributed by atoms with Crippen molar-refractivity contribution in [2.24, 2.45) is 5.73 Å². The molecule has 116 valence electrons. The van der Waals surface area contributed by atoms with E-state index < -0.39 is 5.54 Å². The zero-order valence-electron chi connectivity index (χ0n) is 12.3. The molecule has 0 saturated carbocycles. The molecule has 1 amide bonds. The quantitative estimate of drug-likeness (QED) is 0.679. The van der Waals surface area contributed by atoms with Crippen LogP contribution < -0.4 is 16.8 Å². The number of aromatic nitrogens is 2. The van der Waals surface area contributed by atoms with Crippen molar-refractivity contribution in [3.8, 4) is 0 Å². The molecule has 3 rings (SSSR count). The van der Waals surface area contributed by atoms with Crippen LogP contribution in [0, 0.1) is 0 Å². The third-order valence-electron chi connectivity index (χ3n) is 3.85. The van der Waals surface area contributed by atoms with Crippen molar-refractivity contribution in [1.29, 1.82) is 0 Å². The summed E-state index contributed by atoms with van der Waals surface area (Å²) in [5.41, 5.74) is 12.6. The highest BCUT2D eigenvalue weighted by Gasteiger charge is 2.30. The fraction of sp³-hybridized carbons (Fsp3) is 0.357. The Kier molecular flexibility index (Phi) is 3.75. The topological polar surface area (TPSA) is 107 Å². The molecule has 3 aromatic rings. The summed E-state index contributed by atoms with van der Waals surface area (Å²) in [5, 5.41) is 3.93. The first-order chi connectivity index (χ1) is 10.4. The number of carbonyl (C=O) groups is 1. The second-order valence-corrected chi connectivity index (χ2v) is 7.27. The number of nitrogens with two attached hydrogens (primary N) is 2. The van der Waals surface area contributed by atoms with Crippen molar-refractivity contribution < 1.29 is 4.79 Å². The van der Waals surface area contributed by atoms with E-state index in [0.29, 0.717) is 23.1 Å². The standard InChI is InChI=1S/C14H17N5OS2/c1-3-14(16,4-2)11(20)19-13-18-8-5-7-9(6-10(8)22-13)21-12(15)17-7/h5-6H,3-4,16H2,1-2H3,(H2,15,17)(H,18,19,20).